The van der Waals surface area contributed by atoms with Crippen LogP contribution in [-0.2, 0) is 0 Å². The van der Waals surface area contributed by atoms with E-state index < -0.39 is 0 Å². The van der Waals surface area contributed by atoms with Gasteiger partial charge in [0.1, 0.15) is 0 Å². The lowest BCUT2D eigenvalue weighted by Crippen LogP contribution is -1.99. The van der Waals surface area contributed by atoms with E-state index in [0.29, 0.717) is 5.92 Å². The Hall–Kier alpha value is -1.18. The van der Waals surface area contributed by atoms with Crippen LogP contribution >= 0.6 is 0 Å². The summed E-state index contributed by atoms with van der Waals surface area (Å²) in [7, 11) is 0. The van der Waals surface area contributed by atoms with Gasteiger partial charge in [-0.2, -0.15) is 0 Å². The van der Waals surface area contributed by atoms with Gasteiger partial charge in [0.15, 0.2) is 0 Å². The molecule has 0 heterocycles. The number of aliphatic imine (C=N–C) groups is 2. The van der Waals surface area contributed by atoms with E-state index in [1.807, 2.05) is 27.7 Å². The molecular formula is C13H22N2. The molecule has 0 saturated carbocycles. The summed E-state index contributed by atoms with van der Waals surface area (Å²) in [5.41, 5.74) is 3.93. The maximum absolute atomic E-state index is 4.54. The zero-order chi connectivity index (χ0) is 12.0. The Balaban J connectivity index is 5.56. The molecule has 0 N–H and O–H groups in total. The van der Waals surface area contributed by atoms with Gasteiger partial charge in [-0.15, -0.1) is 0 Å². The highest BCUT2D eigenvalue weighted by Gasteiger charge is 2.09. The van der Waals surface area contributed by atoms with Crippen LogP contribution in [0.1, 0.15) is 41.5 Å². The van der Waals surface area contributed by atoms with Crippen molar-refractivity contribution < 1.29 is 0 Å². The van der Waals surface area contributed by atoms with E-state index in [-0.39, 0.29) is 0 Å². The molecule has 0 aromatic rings. The lowest BCUT2D eigenvalue weighted by atomic mass is 10.1. The Morgan fingerprint density at radius 3 is 2.00 bits per heavy atom. The topological polar surface area (TPSA) is 24.7 Å². The Bertz CT molecular complexity index is 313. The molecule has 2 nitrogen and oxygen atoms in total. The fourth-order valence-corrected chi connectivity index (χ4v) is 1.22. The molecule has 15 heavy (non-hydrogen) atoms. The second-order valence-electron chi connectivity index (χ2n) is 4.12. The number of hydrogen-bond acceptors (Lipinski definition) is 2. The molecule has 0 aromatic carbocycles. The van der Waals surface area contributed by atoms with Gasteiger partial charge in [0, 0.05) is 11.9 Å². The van der Waals surface area contributed by atoms with E-state index in [9.17, 15) is 0 Å². The van der Waals surface area contributed by atoms with Crippen molar-refractivity contribution in [2.24, 2.45) is 15.9 Å². The third kappa shape index (κ3) is 4.73. The van der Waals surface area contributed by atoms with E-state index >= 15 is 0 Å². The van der Waals surface area contributed by atoms with Gasteiger partial charge in [0.25, 0.3) is 0 Å². The van der Waals surface area contributed by atoms with Crippen LogP contribution in [0.2, 0.25) is 0 Å². The smallest absolute Gasteiger partial charge is 0.0866 e. The van der Waals surface area contributed by atoms with Crippen molar-refractivity contribution in [3.63, 3.8) is 0 Å². The molecule has 84 valence electrons. The summed E-state index contributed by atoms with van der Waals surface area (Å²) < 4.78 is 0. The third-order valence-corrected chi connectivity index (χ3v) is 1.80. The molecule has 0 atom stereocenters. The molecule has 0 bridgehead atoms. The quantitative estimate of drug-likeness (QED) is 0.490. The molecule has 0 amide bonds. The van der Waals surface area contributed by atoms with E-state index in [4.69, 9.17) is 0 Å². The largest absolute Gasteiger partial charge is 0.260 e. The summed E-state index contributed by atoms with van der Waals surface area (Å²) in [5, 5.41) is 0. The predicted molar refractivity (Wildman–Crippen MR) is 69.6 cm³/mol. The summed E-state index contributed by atoms with van der Waals surface area (Å²) >= 11 is 0. The highest BCUT2D eigenvalue weighted by molar-refractivity contribution is 5.80. The number of nitrogens with zero attached hydrogens (tertiary/aromatic N) is 2. The SMILES string of the molecule is C=C(C)/C(N=CC)=C(\N=C(C)C)C(C)C. The second kappa shape index (κ2) is 6.33. The van der Waals surface area contributed by atoms with Crippen molar-refractivity contribution in [3.05, 3.63) is 23.5 Å². The van der Waals surface area contributed by atoms with Crippen molar-refractivity contribution >= 4 is 11.9 Å². The molecule has 0 aliphatic rings. The minimum atomic E-state index is 0.357. The minimum absolute atomic E-state index is 0.357. The summed E-state index contributed by atoms with van der Waals surface area (Å²) in [6.45, 7) is 16.0. The van der Waals surface area contributed by atoms with Gasteiger partial charge in [0.05, 0.1) is 11.4 Å². The maximum atomic E-state index is 4.54. The Morgan fingerprint density at radius 1 is 1.20 bits per heavy atom. The highest BCUT2D eigenvalue weighted by atomic mass is 14.8. The van der Waals surface area contributed by atoms with Crippen LogP contribution in [0.4, 0.5) is 0 Å². The fraction of sp³-hybridized carbons (Fsp3) is 0.538. The molecule has 0 spiro atoms. The lowest BCUT2D eigenvalue weighted by molar-refractivity contribution is 0.744. The summed E-state index contributed by atoms with van der Waals surface area (Å²) in [6.07, 6.45) is 1.78. The molecule has 0 unspecified atom stereocenters. The maximum Gasteiger partial charge on any atom is 0.0866 e. The van der Waals surface area contributed by atoms with Crippen LogP contribution in [0.15, 0.2) is 33.5 Å². The minimum Gasteiger partial charge on any atom is -0.260 e. The first-order valence-corrected chi connectivity index (χ1v) is 5.30. The summed E-state index contributed by atoms with van der Waals surface area (Å²) in [4.78, 5) is 8.88. The average molecular weight is 206 g/mol. The van der Waals surface area contributed by atoms with E-state index in [2.05, 4.69) is 30.4 Å². The number of allylic oxidation sites excluding steroid dienone is 2. The number of rotatable bonds is 4. The van der Waals surface area contributed by atoms with E-state index in [0.717, 1.165) is 22.7 Å². The van der Waals surface area contributed by atoms with Crippen LogP contribution in [-0.4, -0.2) is 11.9 Å². The first-order valence-electron chi connectivity index (χ1n) is 5.30. The first kappa shape index (κ1) is 13.8. The van der Waals surface area contributed by atoms with E-state index in [1.54, 1.807) is 6.21 Å². The standard InChI is InChI=1S/C13H22N2/c1-8-14-12(9(2)3)13(10(4)5)15-11(6)7/h8,10H,2H2,1,3-7H3/b13-12+,14-8?. The van der Waals surface area contributed by atoms with Gasteiger partial charge < -0.3 is 0 Å². The van der Waals surface area contributed by atoms with Crippen LogP contribution in [0.25, 0.3) is 0 Å². The molecule has 0 radical (unpaired) electrons. The van der Waals surface area contributed by atoms with Crippen molar-refractivity contribution in [1.82, 2.24) is 0 Å². The molecule has 0 aliphatic heterocycles. The van der Waals surface area contributed by atoms with Crippen LogP contribution in [0.5, 0.6) is 0 Å². The van der Waals surface area contributed by atoms with E-state index in [1.165, 1.54) is 0 Å². The van der Waals surface area contributed by atoms with Gasteiger partial charge in [-0.1, -0.05) is 20.4 Å². The summed E-state index contributed by atoms with van der Waals surface area (Å²) in [5.74, 6) is 0.357. The van der Waals surface area contributed by atoms with Gasteiger partial charge in [-0.25, -0.2) is 0 Å². The normalized spacial score (nSPS) is 13.0. The Morgan fingerprint density at radius 2 is 1.73 bits per heavy atom. The van der Waals surface area contributed by atoms with Gasteiger partial charge in [-0.3, -0.25) is 9.98 Å². The van der Waals surface area contributed by atoms with Crippen LogP contribution < -0.4 is 0 Å². The molecule has 0 saturated heterocycles. The molecule has 0 aliphatic carbocycles. The zero-order valence-corrected chi connectivity index (χ0v) is 10.8. The predicted octanol–water partition coefficient (Wildman–Crippen LogP) is 4.00. The van der Waals surface area contributed by atoms with Crippen molar-refractivity contribution in [2.75, 3.05) is 0 Å². The second-order valence-corrected chi connectivity index (χ2v) is 4.12. The van der Waals surface area contributed by atoms with Crippen molar-refractivity contribution in [2.45, 2.75) is 41.5 Å². The lowest BCUT2D eigenvalue weighted by Gasteiger charge is -2.11. The first-order chi connectivity index (χ1) is 6.90. The summed E-state index contributed by atoms with van der Waals surface area (Å²) in [6, 6.07) is 0. The fourth-order valence-electron chi connectivity index (χ4n) is 1.22. The van der Waals surface area contributed by atoms with Crippen LogP contribution in [0.3, 0.4) is 0 Å². The Kier molecular flexibility index (Phi) is 5.83. The monoisotopic (exact) mass is 206 g/mol. The highest BCUT2D eigenvalue weighted by Crippen LogP contribution is 2.22. The molecule has 0 rings (SSSR count). The van der Waals surface area contributed by atoms with Gasteiger partial charge in [0.2, 0.25) is 0 Å². The third-order valence-electron chi connectivity index (χ3n) is 1.80. The number of hydrogen-bond donors (Lipinski definition) is 0. The Labute approximate surface area is 93.5 Å². The molecule has 0 aromatic heterocycles. The molecule has 2 heteroatoms. The molecule has 0 fully saturated rings. The van der Waals surface area contributed by atoms with Gasteiger partial charge in [-0.05, 0) is 39.2 Å². The molecular weight excluding hydrogens is 184 g/mol. The van der Waals surface area contributed by atoms with Crippen LogP contribution in [0, 0.1) is 5.92 Å². The van der Waals surface area contributed by atoms with Crippen molar-refractivity contribution in [3.8, 4) is 0 Å². The van der Waals surface area contributed by atoms with Crippen molar-refractivity contribution in [1.29, 1.82) is 0 Å². The average Bonchev–Trinajstić information content (AvgIpc) is 2.09. The van der Waals surface area contributed by atoms with Gasteiger partial charge >= 0.3 is 0 Å². The zero-order valence-electron chi connectivity index (χ0n) is 10.8.